The number of rotatable bonds is 5. The molecule has 2 aromatic heterocycles. The lowest BCUT2D eigenvalue weighted by atomic mass is 9.73. The molecule has 1 amide bonds. The fourth-order valence-electron chi connectivity index (χ4n) is 7.41. The van der Waals surface area contributed by atoms with E-state index in [-0.39, 0.29) is 17.1 Å². The molecule has 0 radical (unpaired) electrons. The summed E-state index contributed by atoms with van der Waals surface area (Å²) in [5, 5.41) is 6.57. The van der Waals surface area contributed by atoms with Crippen molar-refractivity contribution in [2.24, 2.45) is 0 Å². The first kappa shape index (κ1) is 31.6. The van der Waals surface area contributed by atoms with Gasteiger partial charge >= 0.3 is 6.09 Å². The van der Waals surface area contributed by atoms with Crippen LogP contribution < -0.4 is 20.4 Å². The molecule has 7 rings (SSSR count). The predicted molar refractivity (Wildman–Crippen MR) is 182 cm³/mol. The van der Waals surface area contributed by atoms with Gasteiger partial charge in [0.1, 0.15) is 17.2 Å². The van der Waals surface area contributed by atoms with Gasteiger partial charge in [-0.2, -0.15) is 4.98 Å². The van der Waals surface area contributed by atoms with Crippen molar-refractivity contribution in [3.8, 4) is 0 Å². The number of hydrogen-bond acceptors (Lipinski definition) is 10. The minimum absolute atomic E-state index is 0.0515. The van der Waals surface area contributed by atoms with Crippen LogP contribution in [-0.4, -0.2) is 71.2 Å². The number of ether oxygens (including phenoxy) is 3. The van der Waals surface area contributed by atoms with E-state index >= 15 is 0 Å². The highest BCUT2D eigenvalue weighted by atomic mass is 16.6. The number of aryl methyl sites for hydroxylation is 1. The zero-order chi connectivity index (χ0) is 33.2. The number of alkyl carbamates (subject to hydrolysis) is 1. The van der Waals surface area contributed by atoms with E-state index in [0.717, 1.165) is 79.7 Å². The first-order valence-electron chi connectivity index (χ1n) is 16.8. The van der Waals surface area contributed by atoms with Crippen molar-refractivity contribution in [1.82, 2.24) is 20.3 Å². The van der Waals surface area contributed by atoms with Crippen LogP contribution in [0.1, 0.15) is 78.1 Å². The molecule has 0 saturated carbocycles. The zero-order valence-electron chi connectivity index (χ0n) is 28.6. The molecular weight excluding hydrogens is 594 g/mol. The third-order valence-electron chi connectivity index (χ3n) is 10.0. The Hall–Kier alpha value is -3.96. The zero-order valence-corrected chi connectivity index (χ0v) is 28.6. The van der Waals surface area contributed by atoms with Crippen LogP contribution >= 0.6 is 0 Å². The van der Waals surface area contributed by atoms with E-state index in [0.29, 0.717) is 12.6 Å². The van der Waals surface area contributed by atoms with Gasteiger partial charge < -0.3 is 34.6 Å². The summed E-state index contributed by atoms with van der Waals surface area (Å²) in [7, 11) is 0. The second kappa shape index (κ2) is 11.3. The van der Waals surface area contributed by atoms with Gasteiger partial charge in [0.15, 0.2) is 0 Å². The molecule has 1 aliphatic carbocycles. The monoisotopic (exact) mass is 641 g/mol. The SMILES string of the molecule is CC(C)(C)OC(=O)N[C@]1(C)CCc2ccc(N3c4nc(Nc5ccc(N6CCOCC6)cc5)ncc4[C@@]4(C)COC(C)(C)C[C@@H]34)nc21. The van der Waals surface area contributed by atoms with Crippen molar-refractivity contribution in [3.05, 3.63) is 59.4 Å². The van der Waals surface area contributed by atoms with Crippen LogP contribution in [0.2, 0.25) is 0 Å². The summed E-state index contributed by atoms with van der Waals surface area (Å²) < 4.78 is 17.5. The smallest absolute Gasteiger partial charge is 0.408 e. The summed E-state index contributed by atoms with van der Waals surface area (Å²) in [4.78, 5) is 32.7. The van der Waals surface area contributed by atoms with Crippen LogP contribution in [0.25, 0.3) is 0 Å². The number of fused-ring (bicyclic) bond motifs is 4. The second-order valence-corrected chi connectivity index (χ2v) is 15.4. The molecule has 0 spiro atoms. The van der Waals surface area contributed by atoms with Crippen LogP contribution in [0.3, 0.4) is 0 Å². The standard InChI is InChI=1S/C36H47N7O4/c1-33(2,3)47-32(44)41-36(7)15-14-23-8-13-28(39-29(23)36)43-27-20-34(4,5)46-22-35(27,6)26-21-37-31(40-30(26)43)38-24-9-11-25(12-10-24)42-16-18-45-19-17-42/h8-13,21,27H,14-20,22H2,1-7H3,(H,41,44)(H,37,38,40)/t27-,35-,36-/m1/s1. The Labute approximate surface area is 277 Å². The number of carbonyl (C=O) groups is 1. The molecule has 11 nitrogen and oxygen atoms in total. The van der Waals surface area contributed by atoms with Crippen LogP contribution in [0.5, 0.6) is 0 Å². The van der Waals surface area contributed by atoms with Crippen molar-refractivity contribution < 1.29 is 19.0 Å². The Kier molecular flexibility index (Phi) is 7.63. The number of anilines is 5. The normalized spacial score (nSPS) is 26.3. The molecule has 3 atom stereocenters. The van der Waals surface area contributed by atoms with Crippen LogP contribution in [0.4, 0.5) is 33.8 Å². The molecule has 5 heterocycles. The van der Waals surface area contributed by atoms with Gasteiger partial charge in [-0.1, -0.05) is 13.0 Å². The van der Waals surface area contributed by atoms with Crippen LogP contribution in [0, 0.1) is 0 Å². The number of carbonyl (C=O) groups excluding carboxylic acids is 1. The molecule has 0 bridgehead atoms. The molecule has 3 aliphatic heterocycles. The minimum atomic E-state index is -0.653. The maximum absolute atomic E-state index is 12.9. The topological polar surface area (TPSA) is 114 Å². The van der Waals surface area contributed by atoms with Gasteiger partial charge in [0.2, 0.25) is 5.95 Å². The number of nitrogens with one attached hydrogen (secondary N) is 2. The lowest BCUT2D eigenvalue weighted by Crippen LogP contribution is -2.54. The summed E-state index contributed by atoms with van der Waals surface area (Å²) in [5.41, 5.74) is 3.25. The third kappa shape index (κ3) is 5.99. The molecule has 250 valence electrons. The highest BCUT2D eigenvalue weighted by Crippen LogP contribution is 2.53. The summed E-state index contributed by atoms with van der Waals surface area (Å²) in [6, 6.07) is 12.7. The first-order valence-corrected chi connectivity index (χ1v) is 16.8. The molecule has 47 heavy (non-hydrogen) atoms. The van der Waals surface area contributed by atoms with Crippen LogP contribution in [-0.2, 0) is 31.6 Å². The lowest BCUT2D eigenvalue weighted by Gasteiger charge is -2.46. The lowest BCUT2D eigenvalue weighted by molar-refractivity contribution is -0.0893. The van der Waals surface area contributed by atoms with Crippen molar-refractivity contribution in [1.29, 1.82) is 0 Å². The van der Waals surface area contributed by atoms with E-state index in [4.69, 9.17) is 29.2 Å². The Morgan fingerprint density at radius 3 is 2.49 bits per heavy atom. The summed E-state index contributed by atoms with van der Waals surface area (Å²) >= 11 is 0. The number of morpholine rings is 1. The van der Waals surface area contributed by atoms with E-state index in [2.05, 4.69) is 77.6 Å². The average molecular weight is 642 g/mol. The van der Waals surface area contributed by atoms with Gasteiger partial charge in [-0.05, 0) is 96.7 Å². The highest BCUT2D eigenvalue weighted by molar-refractivity contribution is 5.72. The third-order valence-corrected chi connectivity index (χ3v) is 10.0. The number of benzene rings is 1. The Bertz CT molecular complexity index is 1670. The molecule has 2 fully saturated rings. The maximum atomic E-state index is 12.9. The van der Waals surface area contributed by atoms with Crippen LogP contribution in [0.15, 0.2) is 42.6 Å². The Morgan fingerprint density at radius 1 is 1.02 bits per heavy atom. The highest BCUT2D eigenvalue weighted by Gasteiger charge is 2.55. The van der Waals surface area contributed by atoms with Crippen molar-refractivity contribution >= 4 is 35.1 Å². The number of nitrogens with zero attached hydrogens (tertiary/aromatic N) is 5. The molecular formula is C36H47N7O4. The Balaban J connectivity index is 1.22. The van der Waals surface area contributed by atoms with E-state index in [1.54, 1.807) is 0 Å². The summed E-state index contributed by atoms with van der Waals surface area (Å²) in [5.74, 6) is 2.15. The molecule has 2 saturated heterocycles. The van der Waals surface area contributed by atoms with E-state index in [1.807, 2.05) is 33.9 Å². The molecule has 3 aromatic rings. The molecule has 2 N–H and O–H groups in total. The van der Waals surface area contributed by atoms with E-state index < -0.39 is 17.2 Å². The fraction of sp³-hybridized carbons (Fsp3) is 0.556. The first-order chi connectivity index (χ1) is 22.2. The van der Waals surface area contributed by atoms with Gasteiger partial charge in [-0.3, -0.25) is 0 Å². The maximum Gasteiger partial charge on any atom is 0.408 e. The van der Waals surface area contributed by atoms with Gasteiger partial charge in [0, 0.05) is 41.6 Å². The van der Waals surface area contributed by atoms with E-state index in [1.165, 1.54) is 5.69 Å². The molecule has 0 unspecified atom stereocenters. The average Bonchev–Trinajstić information content (AvgIpc) is 3.46. The number of amides is 1. The van der Waals surface area contributed by atoms with Gasteiger partial charge in [0.05, 0.1) is 42.7 Å². The van der Waals surface area contributed by atoms with E-state index in [9.17, 15) is 4.79 Å². The molecule has 1 aromatic carbocycles. The summed E-state index contributed by atoms with van der Waals surface area (Å²) in [6.45, 7) is 18.0. The molecule has 11 heteroatoms. The largest absolute Gasteiger partial charge is 0.444 e. The number of hydrogen-bond donors (Lipinski definition) is 2. The second-order valence-electron chi connectivity index (χ2n) is 15.4. The minimum Gasteiger partial charge on any atom is -0.444 e. The van der Waals surface area contributed by atoms with Gasteiger partial charge in [-0.15, -0.1) is 0 Å². The fourth-order valence-corrected chi connectivity index (χ4v) is 7.41. The predicted octanol–water partition coefficient (Wildman–Crippen LogP) is 6.11. The Morgan fingerprint density at radius 2 is 1.77 bits per heavy atom. The summed E-state index contributed by atoms with van der Waals surface area (Å²) in [6.07, 6.45) is 3.87. The van der Waals surface area contributed by atoms with Crippen molar-refractivity contribution in [2.45, 2.75) is 95.9 Å². The number of aromatic nitrogens is 3. The molecule has 4 aliphatic rings. The number of pyridine rings is 1. The van der Waals surface area contributed by atoms with Gasteiger partial charge in [-0.25, -0.2) is 14.8 Å². The van der Waals surface area contributed by atoms with Crippen molar-refractivity contribution in [2.75, 3.05) is 48.0 Å². The van der Waals surface area contributed by atoms with Gasteiger partial charge in [0.25, 0.3) is 0 Å². The quantitative estimate of drug-likeness (QED) is 0.338. The van der Waals surface area contributed by atoms with Crippen molar-refractivity contribution in [3.63, 3.8) is 0 Å².